The molecule has 1 N–H and O–H groups in total. The number of carbonyl (C=O) groups excluding carboxylic acids is 2. The van der Waals surface area contributed by atoms with Crippen LogP contribution in [0.2, 0.25) is 0 Å². The summed E-state index contributed by atoms with van der Waals surface area (Å²) < 4.78 is 7.15. The number of nitrogens with zero attached hydrogens (tertiary/aromatic N) is 1. The van der Waals surface area contributed by atoms with Crippen LogP contribution >= 0.6 is 0 Å². The molecule has 1 amide bonds. The summed E-state index contributed by atoms with van der Waals surface area (Å²) >= 11 is 0. The third-order valence-electron chi connectivity index (χ3n) is 5.12. The van der Waals surface area contributed by atoms with Crippen molar-refractivity contribution < 1.29 is 14.3 Å². The van der Waals surface area contributed by atoms with Gasteiger partial charge in [0.15, 0.2) is 0 Å². The molecule has 0 spiro atoms. The smallest absolute Gasteiger partial charge is 0.340 e. The normalized spacial score (nSPS) is 11.9. The molecule has 1 heterocycles. The molecule has 5 heteroatoms. The van der Waals surface area contributed by atoms with Gasteiger partial charge in [-0.05, 0) is 44.2 Å². The Morgan fingerprint density at radius 2 is 1.85 bits per heavy atom. The highest BCUT2D eigenvalue weighted by Crippen LogP contribution is 2.23. The topological polar surface area (TPSA) is 60.3 Å². The Hall–Kier alpha value is -2.56. The minimum absolute atomic E-state index is 0.0220. The molecular formula is C22H30N2O3. The van der Waals surface area contributed by atoms with Crippen molar-refractivity contribution in [2.75, 3.05) is 13.2 Å². The molecule has 2 aromatic rings. The number of aromatic nitrogens is 1. The molecule has 0 aliphatic heterocycles. The molecule has 0 aliphatic rings. The lowest BCUT2D eigenvalue weighted by Gasteiger charge is -2.13. The molecule has 0 saturated carbocycles. The Morgan fingerprint density at radius 1 is 1.19 bits per heavy atom. The number of hydrogen-bond acceptors (Lipinski definition) is 3. The number of amides is 1. The van der Waals surface area contributed by atoms with Crippen molar-refractivity contribution in [1.29, 1.82) is 0 Å². The minimum Gasteiger partial charge on any atom is -0.462 e. The SMILES string of the molecule is CCOC(=O)c1c(C)c(CCC(=O)NC[C@@H](C)c2ccccc2)n(C)c1C. The van der Waals surface area contributed by atoms with Crippen LogP contribution in [-0.4, -0.2) is 29.6 Å². The van der Waals surface area contributed by atoms with Gasteiger partial charge in [0.1, 0.15) is 0 Å². The van der Waals surface area contributed by atoms with Crippen LogP contribution in [0.3, 0.4) is 0 Å². The Balaban J connectivity index is 1.95. The summed E-state index contributed by atoms with van der Waals surface area (Å²) in [5.74, 6) is -0.00575. The van der Waals surface area contributed by atoms with Gasteiger partial charge in [-0.2, -0.15) is 0 Å². The molecule has 0 saturated heterocycles. The summed E-state index contributed by atoms with van der Waals surface area (Å²) in [7, 11) is 1.93. The van der Waals surface area contributed by atoms with E-state index in [4.69, 9.17) is 4.74 Å². The zero-order valence-corrected chi connectivity index (χ0v) is 17.0. The van der Waals surface area contributed by atoms with Gasteiger partial charge in [0, 0.05) is 31.4 Å². The average molecular weight is 370 g/mol. The molecule has 0 aliphatic carbocycles. The molecule has 1 atom stereocenters. The van der Waals surface area contributed by atoms with E-state index in [0.29, 0.717) is 31.6 Å². The number of esters is 1. The number of hydrogen-bond donors (Lipinski definition) is 1. The van der Waals surface area contributed by atoms with Crippen LogP contribution in [0.15, 0.2) is 30.3 Å². The maximum atomic E-state index is 12.3. The fraction of sp³-hybridized carbons (Fsp3) is 0.455. The summed E-state index contributed by atoms with van der Waals surface area (Å²) in [4.78, 5) is 24.5. The van der Waals surface area contributed by atoms with Gasteiger partial charge in [0.2, 0.25) is 5.91 Å². The van der Waals surface area contributed by atoms with Crippen molar-refractivity contribution in [3.63, 3.8) is 0 Å². The summed E-state index contributed by atoms with van der Waals surface area (Å²) in [6.45, 7) is 8.69. The highest BCUT2D eigenvalue weighted by molar-refractivity contribution is 5.93. The minimum atomic E-state index is -0.296. The van der Waals surface area contributed by atoms with E-state index in [1.165, 1.54) is 5.56 Å². The zero-order chi connectivity index (χ0) is 20.0. The van der Waals surface area contributed by atoms with E-state index in [2.05, 4.69) is 24.4 Å². The van der Waals surface area contributed by atoms with Gasteiger partial charge < -0.3 is 14.6 Å². The number of rotatable bonds is 8. The lowest BCUT2D eigenvalue weighted by atomic mass is 10.0. The quantitative estimate of drug-likeness (QED) is 0.721. The van der Waals surface area contributed by atoms with Crippen LogP contribution in [0.5, 0.6) is 0 Å². The lowest BCUT2D eigenvalue weighted by Crippen LogP contribution is -2.27. The predicted octanol–water partition coefficient (Wildman–Crippen LogP) is 3.67. The zero-order valence-electron chi connectivity index (χ0n) is 17.0. The third-order valence-corrected chi connectivity index (χ3v) is 5.12. The van der Waals surface area contributed by atoms with E-state index in [9.17, 15) is 9.59 Å². The van der Waals surface area contributed by atoms with E-state index in [1.807, 2.05) is 43.7 Å². The second-order valence-electron chi connectivity index (χ2n) is 6.93. The van der Waals surface area contributed by atoms with E-state index < -0.39 is 0 Å². The van der Waals surface area contributed by atoms with Crippen molar-refractivity contribution in [3.8, 4) is 0 Å². The number of nitrogens with one attached hydrogen (secondary N) is 1. The van der Waals surface area contributed by atoms with E-state index >= 15 is 0 Å². The van der Waals surface area contributed by atoms with Crippen LogP contribution < -0.4 is 5.32 Å². The highest BCUT2D eigenvalue weighted by atomic mass is 16.5. The van der Waals surface area contributed by atoms with E-state index in [0.717, 1.165) is 17.0 Å². The van der Waals surface area contributed by atoms with Crippen LogP contribution in [0.1, 0.15) is 59.1 Å². The van der Waals surface area contributed by atoms with Crippen LogP contribution in [0.25, 0.3) is 0 Å². The lowest BCUT2D eigenvalue weighted by molar-refractivity contribution is -0.121. The maximum Gasteiger partial charge on any atom is 0.340 e. The molecule has 0 bridgehead atoms. The third kappa shape index (κ3) is 5.00. The molecule has 146 valence electrons. The summed E-state index contributed by atoms with van der Waals surface area (Å²) in [6, 6.07) is 10.2. The number of ether oxygens (including phenoxy) is 1. The fourth-order valence-corrected chi connectivity index (χ4v) is 3.38. The number of benzene rings is 1. The van der Waals surface area contributed by atoms with Gasteiger partial charge in [-0.15, -0.1) is 0 Å². The van der Waals surface area contributed by atoms with Crippen LogP contribution in [0.4, 0.5) is 0 Å². The first-order chi connectivity index (χ1) is 12.9. The molecule has 1 aromatic carbocycles. The first kappa shape index (κ1) is 20.7. The Labute approximate surface area is 161 Å². The van der Waals surface area contributed by atoms with Crippen molar-refractivity contribution in [1.82, 2.24) is 9.88 Å². The molecule has 27 heavy (non-hydrogen) atoms. The molecule has 5 nitrogen and oxygen atoms in total. The molecule has 0 radical (unpaired) electrons. The highest BCUT2D eigenvalue weighted by Gasteiger charge is 2.22. The molecule has 1 aromatic heterocycles. The summed E-state index contributed by atoms with van der Waals surface area (Å²) in [5, 5.41) is 3.01. The average Bonchev–Trinajstić information content (AvgIpc) is 2.87. The first-order valence-electron chi connectivity index (χ1n) is 9.50. The Morgan fingerprint density at radius 3 is 2.48 bits per heavy atom. The molecule has 0 fully saturated rings. The van der Waals surface area contributed by atoms with Gasteiger partial charge in [0.05, 0.1) is 12.2 Å². The maximum absolute atomic E-state index is 12.3. The first-order valence-corrected chi connectivity index (χ1v) is 9.50. The fourth-order valence-electron chi connectivity index (χ4n) is 3.38. The largest absolute Gasteiger partial charge is 0.462 e. The van der Waals surface area contributed by atoms with Gasteiger partial charge in [-0.1, -0.05) is 37.3 Å². The van der Waals surface area contributed by atoms with Crippen LogP contribution in [0, 0.1) is 13.8 Å². The second kappa shape index (κ2) is 9.40. The second-order valence-corrected chi connectivity index (χ2v) is 6.93. The monoisotopic (exact) mass is 370 g/mol. The number of carbonyl (C=O) groups is 2. The van der Waals surface area contributed by atoms with Crippen molar-refractivity contribution >= 4 is 11.9 Å². The van der Waals surface area contributed by atoms with Gasteiger partial charge in [0.25, 0.3) is 0 Å². The molecule has 0 unspecified atom stereocenters. The van der Waals surface area contributed by atoms with Gasteiger partial charge in [-0.3, -0.25) is 4.79 Å². The van der Waals surface area contributed by atoms with Gasteiger partial charge in [-0.25, -0.2) is 4.79 Å². The Kier molecular flexibility index (Phi) is 7.22. The molecule has 2 rings (SSSR count). The van der Waals surface area contributed by atoms with E-state index in [1.54, 1.807) is 6.92 Å². The van der Waals surface area contributed by atoms with Crippen molar-refractivity contribution in [3.05, 3.63) is 58.4 Å². The van der Waals surface area contributed by atoms with Gasteiger partial charge >= 0.3 is 5.97 Å². The predicted molar refractivity (Wildman–Crippen MR) is 107 cm³/mol. The van der Waals surface area contributed by atoms with Crippen molar-refractivity contribution in [2.24, 2.45) is 7.05 Å². The van der Waals surface area contributed by atoms with Crippen molar-refractivity contribution in [2.45, 2.75) is 46.5 Å². The van der Waals surface area contributed by atoms with Crippen LogP contribution in [-0.2, 0) is 23.0 Å². The summed E-state index contributed by atoms with van der Waals surface area (Å²) in [5.41, 5.74) is 4.61. The summed E-state index contributed by atoms with van der Waals surface area (Å²) in [6.07, 6.45) is 0.982. The molecular weight excluding hydrogens is 340 g/mol. The standard InChI is InChI=1S/C22H30N2O3/c1-6-27-22(26)21-16(3)19(24(5)17(21)4)12-13-20(25)23-14-15(2)18-10-8-7-9-11-18/h7-11,15H,6,12-14H2,1-5H3,(H,23,25)/t15-/m1/s1. The van der Waals surface area contributed by atoms with E-state index in [-0.39, 0.29) is 17.8 Å². The Bertz CT molecular complexity index is 794.